The van der Waals surface area contributed by atoms with Crippen LogP contribution in [0.15, 0.2) is 103 Å². The Bertz CT molecular complexity index is 1470. The van der Waals surface area contributed by atoms with E-state index in [-0.39, 0.29) is 37.7 Å². The molecule has 0 spiro atoms. The summed E-state index contributed by atoms with van der Waals surface area (Å²) in [5.41, 5.74) is 2.41. The van der Waals surface area contributed by atoms with Gasteiger partial charge in [-0.05, 0) is 41.0 Å². The van der Waals surface area contributed by atoms with Gasteiger partial charge in [-0.2, -0.15) is 0 Å². The van der Waals surface area contributed by atoms with Gasteiger partial charge in [0.05, 0.1) is 7.11 Å². The van der Waals surface area contributed by atoms with Crippen LogP contribution >= 0.6 is 0 Å². The molecule has 1 N–H and O–H groups in total. The first kappa shape index (κ1) is 28.8. The van der Waals surface area contributed by atoms with Gasteiger partial charge < -0.3 is 24.2 Å². The van der Waals surface area contributed by atoms with Crippen LogP contribution in [0.5, 0.6) is 17.2 Å². The van der Waals surface area contributed by atoms with Crippen molar-refractivity contribution in [3.63, 3.8) is 0 Å². The van der Waals surface area contributed by atoms with E-state index in [4.69, 9.17) is 19.3 Å². The zero-order valence-electron chi connectivity index (χ0n) is 22.4. The Morgan fingerprint density at radius 1 is 0.878 bits per heavy atom. The predicted molar refractivity (Wildman–Crippen MR) is 150 cm³/mol. The van der Waals surface area contributed by atoms with Crippen molar-refractivity contribution < 1.29 is 33.3 Å². The standard InChI is InChI=1S/C32H29FN2O6/c1-39-27-15-11-25(12-16-27)21-40-28-17-18-34-30(31(28)41-22-24-6-3-2-4-7-24)32(38)35(19-5-8-29(36)37)20-23-9-13-26(33)14-10-23/h2-18H,19-22H2,1H3,(H,36,37). The lowest BCUT2D eigenvalue weighted by molar-refractivity contribution is -0.131. The molecule has 1 heterocycles. The number of methoxy groups -OCH3 is 1. The number of hydrogen-bond donors (Lipinski definition) is 1. The summed E-state index contributed by atoms with van der Waals surface area (Å²) in [7, 11) is 1.59. The molecule has 0 saturated heterocycles. The third-order valence-corrected chi connectivity index (χ3v) is 6.01. The van der Waals surface area contributed by atoms with Crippen molar-refractivity contribution in [1.82, 2.24) is 9.88 Å². The van der Waals surface area contributed by atoms with Gasteiger partial charge in [-0.15, -0.1) is 0 Å². The van der Waals surface area contributed by atoms with E-state index >= 15 is 0 Å². The van der Waals surface area contributed by atoms with Crippen molar-refractivity contribution in [3.8, 4) is 17.2 Å². The van der Waals surface area contributed by atoms with E-state index in [0.717, 1.165) is 23.0 Å². The second-order valence-corrected chi connectivity index (χ2v) is 8.95. The molecule has 0 aliphatic rings. The third kappa shape index (κ3) is 8.40. The first-order chi connectivity index (χ1) is 19.9. The van der Waals surface area contributed by atoms with Crippen LogP contribution in [0, 0.1) is 5.82 Å². The molecule has 0 unspecified atom stereocenters. The monoisotopic (exact) mass is 556 g/mol. The molecule has 0 radical (unpaired) electrons. The fraction of sp³-hybridized carbons (Fsp3) is 0.156. The molecule has 0 aliphatic carbocycles. The maximum Gasteiger partial charge on any atom is 0.328 e. The minimum absolute atomic E-state index is 0.000927. The highest BCUT2D eigenvalue weighted by Crippen LogP contribution is 2.33. The van der Waals surface area contributed by atoms with E-state index in [0.29, 0.717) is 11.3 Å². The first-order valence-electron chi connectivity index (χ1n) is 12.8. The summed E-state index contributed by atoms with van der Waals surface area (Å²) >= 11 is 0. The molecule has 9 heteroatoms. The van der Waals surface area contributed by atoms with Crippen LogP contribution in [0.1, 0.15) is 27.2 Å². The van der Waals surface area contributed by atoms with Gasteiger partial charge >= 0.3 is 5.97 Å². The van der Waals surface area contributed by atoms with Crippen LogP contribution in [0.2, 0.25) is 0 Å². The topological polar surface area (TPSA) is 98.2 Å². The van der Waals surface area contributed by atoms with Crippen molar-refractivity contribution in [2.75, 3.05) is 13.7 Å². The number of rotatable bonds is 13. The average Bonchev–Trinajstić information content (AvgIpc) is 3.00. The fourth-order valence-corrected chi connectivity index (χ4v) is 3.91. The number of aromatic nitrogens is 1. The highest BCUT2D eigenvalue weighted by atomic mass is 19.1. The summed E-state index contributed by atoms with van der Waals surface area (Å²) < 4.78 is 30.9. The zero-order valence-corrected chi connectivity index (χ0v) is 22.4. The molecule has 0 atom stereocenters. The van der Waals surface area contributed by atoms with Gasteiger partial charge in [-0.3, -0.25) is 4.79 Å². The molecule has 4 aromatic rings. The number of carbonyl (C=O) groups is 2. The van der Waals surface area contributed by atoms with Crippen molar-refractivity contribution in [2.24, 2.45) is 0 Å². The lowest BCUT2D eigenvalue weighted by atomic mass is 10.2. The summed E-state index contributed by atoms with van der Waals surface area (Å²) in [5, 5.41) is 9.06. The van der Waals surface area contributed by atoms with Crippen LogP contribution in [0.3, 0.4) is 0 Å². The van der Waals surface area contributed by atoms with Crippen molar-refractivity contribution in [2.45, 2.75) is 19.8 Å². The summed E-state index contributed by atoms with van der Waals surface area (Å²) in [6, 6.07) is 24.2. The number of benzene rings is 3. The van der Waals surface area contributed by atoms with E-state index in [2.05, 4.69) is 4.98 Å². The number of ether oxygens (including phenoxy) is 3. The number of pyridine rings is 1. The average molecular weight is 557 g/mol. The minimum Gasteiger partial charge on any atom is -0.497 e. The van der Waals surface area contributed by atoms with Crippen molar-refractivity contribution in [3.05, 3.63) is 131 Å². The molecule has 0 saturated carbocycles. The number of hydrogen-bond acceptors (Lipinski definition) is 6. The van der Waals surface area contributed by atoms with Gasteiger partial charge in [0.25, 0.3) is 5.91 Å². The highest BCUT2D eigenvalue weighted by Gasteiger charge is 2.25. The number of aliphatic carboxylic acids is 1. The van der Waals surface area contributed by atoms with Gasteiger partial charge in [0, 0.05) is 31.4 Å². The Labute approximate surface area is 237 Å². The Kier molecular flexibility index (Phi) is 10.0. The maximum absolute atomic E-state index is 13.9. The predicted octanol–water partition coefficient (Wildman–Crippen LogP) is 5.67. The maximum atomic E-state index is 13.9. The number of carboxylic acid groups (broad SMARTS) is 1. The molecule has 0 fully saturated rings. The van der Waals surface area contributed by atoms with Crippen LogP contribution in [0.25, 0.3) is 0 Å². The van der Waals surface area contributed by atoms with Gasteiger partial charge in [-0.25, -0.2) is 14.2 Å². The van der Waals surface area contributed by atoms with Gasteiger partial charge in [0.2, 0.25) is 0 Å². The van der Waals surface area contributed by atoms with Gasteiger partial charge in [-0.1, -0.05) is 60.7 Å². The zero-order chi connectivity index (χ0) is 29.0. The van der Waals surface area contributed by atoms with E-state index in [1.54, 1.807) is 25.3 Å². The Balaban J connectivity index is 1.65. The fourth-order valence-electron chi connectivity index (χ4n) is 3.91. The number of carbonyl (C=O) groups excluding carboxylic acids is 1. The first-order valence-corrected chi connectivity index (χ1v) is 12.8. The van der Waals surface area contributed by atoms with Gasteiger partial charge in [0.15, 0.2) is 17.2 Å². The molecular formula is C32H29FN2O6. The lowest BCUT2D eigenvalue weighted by Crippen LogP contribution is -2.32. The smallest absolute Gasteiger partial charge is 0.328 e. The molecule has 0 bridgehead atoms. The summed E-state index contributed by atoms with van der Waals surface area (Å²) in [5.74, 6) is -0.868. The molecule has 8 nitrogen and oxygen atoms in total. The van der Waals surface area contributed by atoms with Crippen LogP contribution in [-0.4, -0.2) is 40.5 Å². The van der Waals surface area contributed by atoms with Crippen LogP contribution in [-0.2, 0) is 24.6 Å². The lowest BCUT2D eigenvalue weighted by Gasteiger charge is -2.23. The number of halogens is 1. The van der Waals surface area contributed by atoms with E-state index < -0.39 is 17.7 Å². The molecular weight excluding hydrogens is 527 g/mol. The normalized spacial score (nSPS) is 10.8. The molecule has 4 rings (SSSR count). The summed E-state index contributed by atoms with van der Waals surface area (Å²) in [4.78, 5) is 30.7. The Morgan fingerprint density at radius 2 is 1.54 bits per heavy atom. The second-order valence-electron chi connectivity index (χ2n) is 8.95. The van der Waals surface area contributed by atoms with Crippen LogP contribution < -0.4 is 14.2 Å². The molecule has 41 heavy (non-hydrogen) atoms. The van der Waals surface area contributed by atoms with E-state index in [1.807, 2.05) is 54.6 Å². The highest BCUT2D eigenvalue weighted by molar-refractivity contribution is 5.96. The minimum atomic E-state index is -1.14. The molecule has 1 aromatic heterocycles. The largest absolute Gasteiger partial charge is 0.497 e. The Morgan fingerprint density at radius 3 is 2.22 bits per heavy atom. The quantitative estimate of drug-likeness (QED) is 0.212. The molecule has 3 aromatic carbocycles. The number of nitrogens with zero attached hydrogens (tertiary/aromatic N) is 2. The van der Waals surface area contributed by atoms with Gasteiger partial charge in [0.1, 0.15) is 24.8 Å². The third-order valence-electron chi connectivity index (χ3n) is 6.01. The number of carboxylic acids is 1. The molecule has 1 amide bonds. The number of amides is 1. The second kappa shape index (κ2) is 14.3. The molecule has 210 valence electrons. The Hall–Kier alpha value is -5.18. The summed E-state index contributed by atoms with van der Waals surface area (Å²) in [6.07, 6.45) is 3.77. The SMILES string of the molecule is COc1ccc(COc2ccnc(C(=O)N(CC=CC(=O)O)Cc3ccc(F)cc3)c2OCc2ccccc2)cc1. The van der Waals surface area contributed by atoms with Crippen molar-refractivity contribution >= 4 is 11.9 Å². The molecule has 0 aliphatic heterocycles. The van der Waals surface area contributed by atoms with Crippen molar-refractivity contribution in [1.29, 1.82) is 0 Å². The summed E-state index contributed by atoms with van der Waals surface area (Å²) in [6.45, 7) is 0.408. The van der Waals surface area contributed by atoms with E-state index in [1.165, 1.54) is 29.3 Å². The van der Waals surface area contributed by atoms with E-state index in [9.17, 15) is 14.0 Å². The van der Waals surface area contributed by atoms with Crippen LogP contribution in [0.4, 0.5) is 4.39 Å².